The van der Waals surface area contributed by atoms with Gasteiger partial charge in [0.05, 0.1) is 16.8 Å². The zero-order chi connectivity index (χ0) is 16.5. The molecule has 0 radical (unpaired) electrons. The Hall–Kier alpha value is -2.40. The molecule has 0 bridgehead atoms. The van der Waals surface area contributed by atoms with E-state index in [4.69, 9.17) is 0 Å². The Morgan fingerprint density at radius 1 is 1.21 bits per heavy atom. The van der Waals surface area contributed by atoms with Gasteiger partial charge in [-0.1, -0.05) is 41.7 Å². The van der Waals surface area contributed by atoms with Crippen molar-refractivity contribution in [2.75, 3.05) is 29.9 Å². The van der Waals surface area contributed by atoms with E-state index in [1.807, 2.05) is 37.4 Å². The molecule has 0 saturated carbocycles. The number of anilines is 2. The third-order valence-electron chi connectivity index (χ3n) is 4.48. The second-order valence-electron chi connectivity index (χ2n) is 6.07. The molecule has 24 heavy (non-hydrogen) atoms. The molecule has 0 atom stereocenters. The van der Waals surface area contributed by atoms with Crippen LogP contribution < -0.4 is 9.80 Å². The summed E-state index contributed by atoms with van der Waals surface area (Å²) in [7, 11) is 1.82. The average Bonchev–Trinajstić information content (AvgIpc) is 3.05. The van der Waals surface area contributed by atoms with E-state index in [0.29, 0.717) is 6.54 Å². The average molecular weight is 337 g/mol. The minimum atomic E-state index is 0.0748. The van der Waals surface area contributed by atoms with Crippen LogP contribution in [0.5, 0.6) is 0 Å². The molecule has 0 fully saturated rings. The number of hydrogen-bond donors (Lipinski definition) is 0. The van der Waals surface area contributed by atoms with Gasteiger partial charge in [0.15, 0.2) is 5.13 Å². The van der Waals surface area contributed by atoms with E-state index in [-0.39, 0.29) is 5.91 Å². The Morgan fingerprint density at radius 3 is 2.88 bits per heavy atom. The lowest BCUT2D eigenvalue weighted by Crippen LogP contribution is -2.40. The minimum Gasteiger partial charge on any atom is -0.362 e. The van der Waals surface area contributed by atoms with E-state index in [1.54, 1.807) is 16.2 Å². The molecule has 3 aromatic rings. The van der Waals surface area contributed by atoms with Gasteiger partial charge in [-0.25, -0.2) is 4.98 Å². The number of nitrogens with zero attached hydrogens (tertiary/aromatic N) is 3. The number of amides is 1. The third-order valence-corrected chi connectivity index (χ3v) is 5.59. The molecule has 0 spiro atoms. The van der Waals surface area contributed by atoms with E-state index in [2.05, 4.69) is 28.1 Å². The predicted molar refractivity (Wildman–Crippen MR) is 100 cm³/mol. The molecule has 0 saturated heterocycles. The summed E-state index contributed by atoms with van der Waals surface area (Å²) in [6.07, 6.45) is 2.18. The van der Waals surface area contributed by atoms with Crippen molar-refractivity contribution in [2.24, 2.45) is 0 Å². The largest absolute Gasteiger partial charge is 0.362 e. The number of carbonyl (C=O) groups excluding carboxylic acids is 1. The Bertz CT molecular complexity index is 856. The summed E-state index contributed by atoms with van der Waals surface area (Å²) in [5.74, 6) is 0.0748. The fourth-order valence-corrected chi connectivity index (χ4v) is 4.10. The number of carbonyl (C=O) groups is 1. The summed E-state index contributed by atoms with van der Waals surface area (Å²) < 4.78 is 1.11. The quantitative estimate of drug-likeness (QED) is 0.731. The van der Waals surface area contributed by atoms with Crippen molar-refractivity contribution in [1.82, 2.24) is 4.98 Å². The van der Waals surface area contributed by atoms with Gasteiger partial charge in [0, 0.05) is 19.3 Å². The molecule has 1 amide bonds. The maximum atomic E-state index is 12.7. The van der Waals surface area contributed by atoms with Gasteiger partial charge >= 0.3 is 0 Å². The van der Waals surface area contributed by atoms with E-state index >= 15 is 0 Å². The molecule has 2 heterocycles. The van der Waals surface area contributed by atoms with Crippen molar-refractivity contribution < 1.29 is 4.79 Å². The van der Waals surface area contributed by atoms with Gasteiger partial charge in [-0.2, -0.15) is 0 Å². The van der Waals surface area contributed by atoms with Gasteiger partial charge in [0.25, 0.3) is 0 Å². The molecule has 0 N–H and O–H groups in total. The highest BCUT2D eigenvalue weighted by molar-refractivity contribution is 7.22. The number of benzene rings is 2. The third kappa shape index (κ3) is 2.76. The van der Waals surface area contributed by atoms with E-state index in [0.717, 1.165) is 34.7 Å². The van der Waals surface area contributed by atoms with E-state index < -0.39 is 0 Å². The number of thiazole rings is 1. The van der Waals surface area contributed by atoms with Crippen LogP contribution in [0.2, 0.25) is 0 Å². The van der Waals surface area contributed by atoms with Crippen LogP contribution in [0.15, 0.2) is 48.5 Å². The SMILES string of the molecule is CN(C(=O)CN1CCCc2ccccc21)c1nc2ccccc2s1. The van der Waals surface area contributed by atoms with Crippen molar-refractivity contribution in [1.29, 1.82) is 0 Å². The van der Waals surface area contributed by atoms with Crippen molar-refractivity contribution in [3.8, 4) is 0 Å². The highest BCUT2D eigenvalue weighted by Crippen LogP contribution is 2.29. The number of para-hydroxylation sites is 2. The van der Waals surface area contributed by atoms with Crippen LogP contribution in [0.25, 0.3) is 10.2 Å². The van der Waals surface area contributed by atoms with Crippen LogP contribution >= 0.6 is 11.3 Å². The van der Waals surface area contributed by atoms with Gasteiger partial charge < -0.3 is 4.90 Å². The van der Waals surface area contributed by atoms with Crippen molar-refractivity contribution in [3.05, 3.63) is 54.1 Å². The molecule has 122 valence electrons. The lowest BCUT2D eigenvalue weighted by molar-refractivity contribution is -0.117. The lowest BCUT2D eigenvalue weighted by Gasteiger charge is -2.31. The van der Waals surface area contributed by atoms with Crippen LogP contribution in [0.3, 0.4) is 0 Å². The molecule has 1 aromatic heterocycles. The Labute approximate surface area is 145 Å². The van der Waals surface area contributed by atoms with Crippen LogP contribution in [0, 0.1) is 0 Å². The second kappa shape index (κ2) is 6.24. The second-order valence-corrected chi connectivity index (χ2v) is 7.08. The fraction of sp³-hybridized carbons (Fsp3) is 0.263. The number of aryl methyl sites for hydroxylation is 1. The summed E-state index contributed by atoms with van der Waals surface area (Å²) in [6.45, 7) is 1.32. The summed E-state index contributed by atoms with van der Waals surface area (Å²) >= 11 is 1.56. The molecular formula is C19H19N3OS. The Kier molecular flexibility index (Phi) is 3.94. The highest BCUT2D eigenvalue weighted by Gasteiger charge is 2.22. The molecule has 0 unspecified atom stereocenters. The van der Waals surface area contributed by atoms with Gasteiger partial charge in [-0.3, -0.25) is 9.69 Å². The summed E-state index contributed by atoms with van der Waals surface area (Å²) in [4.78, 5) is 21.2. The molecule has 2 aromatic carbocycles. The molecule has 4 nitrogen and oxygen atoms in total. The van der Waals surface area contributed by atoms with Gasteiger partial charge in [-0.05, 0) is 36.6 Å². The molecule has 0 aliphatic carbocycles. The first-order chi connectivity index (χ1) is 11.7. The molecule has 1 aliphatic heterocycles. The van der Waals surface area contributed by atoms with Gasteiger partial charge in [0.2, 0.25) is 5.91 Å². The van der Waals surface area contributed by atoms with Crippen LogP contribution in [0.1, 0.15) is 12.0 Å². The van der Waals surface area contributed by atoms with Gasteiger partial charge in [-0.15, -0.1) is 0 Å². The Balaban J connectivity index is 1.54. The maximum absolute atomic E-state index is 12.7. The summed E-state index contributed by atoms with van der Waals surface area (Å²) in [5.41, 5.74) is 3.47. The number of hydrogen-bond acceptors (Lipinski definition) is 4. The smallest absolute Gasteiger partial charge is 0.248 e. The zero-order valence-corrected chi connectivity index (χ0v) is 14.4. The van der Waals surface area contributed by atoms with Crippen LogP contribution in [-0.4, -0.2) is 31.0 Å². The first kappa shape index (κ1) is 15.1. The number of likely N-dealkylation sites (N-methyl/N-ethyl adjacent to an activating group) is 1. The predicted octanol–water partition coefficient (Wildman–Crippen LogP) is 3.71. The Morgan fingerprint density at radius 2 is 2.00 bits per heavy atom. The maximum Gasteiger partial charge on any atom is 0.248 e. The minimum absolute atomic E-state index is 0.0748. The van der Waals surface area contributed by atoms with Crippen molar-refractivity contribution >= 4 is 38.3 Å². The van der Waals surface area contributed by atoms with E-state index in [1.165, 1.54) is 11.3 Å². The number of fused-ring (bicyclic) bond motifs is 2. The normalized spacial score (nSPS) is 13.8. The lowest BCUT2D eigenvalue weighted by atomic mass is 10.0. The standard InChI is InChI=1S/C19H19N3OS/c1-21(19-20-15-9-3-5-11-17(15)24-19)18(23)13-22-12-6-8-14-7-2-4-10-16(14)22/h2-5,7,9-11H,6,8,12-13H2,1H3. The van der Waals surface area contributed by atoms with E-state index in [9.17, 15) is 4.79 Å². The summed E-state index contributed by atoms with van der Waals surface area (Å²) in [6, 6.07) is 16.4. The highest BCUT2D eigenvalue weighted by atomic mass is 32.1. The molecule has 1 aliphatic rings. The molecular weight excluding hydrogens is 318 g/mol. The van der Waals surface area contributed by atoms with Crippen molar-refractivity contribution in [3.63, 3.8) is 0 Å². The monoisotopic (exact) mass is 337 g/mol. The molecule has 4 rings (SSSR count). The van der Waals surface area contributed by atoms with Crippen molar-refractivity contribution in [2.45, 2.75) is 12.8 Å². The van der Waals surface area contributed by atoms with Crippen LogP contribution in [0.4, 0.5) is 10.8 Å². The summed E-state index contributed by atoms with van der Waals surface area (Å²) in [5, 5.41) is 0.756. The van der Waals surface area contributed by atoms with Crippen LogP contribution in [-0.2, 0) is 11.2 Å². The fourth-order valence-electron chi connectivity index (χ4n) is 3.16. The zero-order valence-electron chi connectivity index (χ0n) is 13.6. The van der Waals surface area contributed by atoms with Gasteiger partial charge in [0.1, 0.15) is 0 Å². The number of aromatic nitrogens is 1. The topological polar surface area (TPSA) is 36.4 Å². The number of rotatable bonds is 3. The first-order valence-corrected chi connectivity index (χ1v) is 8.99. The first-order valence-electron chi connectivity index (χ1n) is 8.17. The molecule has 5 heteroatoms.